The lowest BCUT2D eigenvalue weighted by atomic mass is 10.0. The van der Waals surface area contributed by atoms with Gasteiger partial charge in [0.1, 0.15) is 5.92 Å². The van der Waals surface area contributed by atoms with E-state index in [1.54, 1.807) is 12.3 Å². The minimum Gasteiger partial charge on any atom is -0.293 e. The van der Waals surface area contributed by atoms with Gasteiger partial charge in [-0.2, -0.15) is 16.6 Å². The molecule has 0 saturated carbocycles. The van der Waals surface area contributed by atoms with Crippen LogP contribution in [0.1, 0.15) is 22.8 Å². The Labute approximate surface area is 75.5 Å². The fraction of sp³-hybridized carbons (Fsp3) is 0.333. The van der Waals surface area contributed by atoms with Crippen molar-refractivity contribution in [1.82, 2.24) is 0 Å². The molecule has 1 heterocycles. The standard InChI is InChI=1S/C9H9NOS/c1-6(3-10)9(11)8-5-12-4-7(8)2/h4-6H,1-2H3. The van der Waals surface area contributed by atoms with E-state index in [4.69, 9.17) is 5.26 Å². The van der Waals surface area contributed by atoms with Crippen LogP contribution in [0.25, 0.3) is 0 Å². The Morgan fingerprint density at radius 3 is 2.75 bits per heavy atom. The largest absolute Gasteiger partial charge is 0.293 e. The topological polar surface area (TPSA) is 40.9 Å². The van der Waals surface area contributed by atoms with E-state index in [0.29, 0.717) is 5.56 Å². The van der Waals surface area contributed by atoms with Gasteiger partial charge in [0, 0.05) is 10.9 Å². The molecule has 12 heavy (non-hydrogen) atoms. The molecule has 0 aliphatic rings. The third kappa shape index (κ3) is 1.54. The third-order valence-electron chi connectivity index (χ3n) is 1.71. The van der Waals surface area contributed by atoms with Gasteiger partial charge >= 0.3 is 0 Å². The zero-order valence-corrected chi connectivity index (χ0v) is 7.81. The molecule has 1 rings (SSSR count). The molecule has 0 bridgehead atoms. The number of hydrogen-bond acceptors (Lipinski definition) is 3. The van der Waals surface area contributed by atoms with E-state index in [0.717, 1.165) is 5.56 Å². The Morgan fingerprint density at radius 2 is 2.33 bits per heavy atom. The van der Waals surface area contributed by atoms with Crippen LogP contribution in [-0.4, -0.2) is 5.78 Å². The number of aryl methyl sites for hydroxylation is 1. The quantitative estimate of drug-likeness (QED) is 0.654. The van der Waals surface area contributed by atoms with E-state index in [9.17, 15) is 4.79 Å². The first-order valence-electron chi connectivity index (χ1n) is 3.63. The van der Waals surface area contributed by atoms with E-state index in [1.165, 1.54) is 11.3 Å². The summed E-state index contributed by atoms with van der Waals surface area (Å²) in [6.07, 6.45) is 0. The van der Waals surface area contributed by atoms with Crippen molar-refractivity contribution in [1.29, 1.82) is 5.26 Å². The molecule has 62 valence electrons. The Hall–Kier alpha value is -1.14. The van der Waals surface area contributed by atoms with Crippen molar-refractivity contribution in [2.75, 3.05) is 0 Å². The van der Waals surface area contributed by atoms with Crippen LogP contribution in [0.3, 0.4) is 0 Å². The van der Waals surface area contributed by atoms with Crippen LogP contribution in [0.4, 0.5) is 0 Å². The molecule has 1 aromatic rings. The van der Waals surface area contributed by atoms with Gasteiger partial charge in [0.05, 0.1) is 6.07 Å². The smallest absolute Gasteiger partial charge is 0.180 e. The predicted octanol–water partition coefficient (Wildman–Crippen LogP) is 2.40. The van der Waals surface area contributed by atoms with Crippen molar-refractivity contribution in [3.05, 3.63) is 21.9 Å². The second-order valence-corrected chi connectivity index (χ2v) is 3.43. The second-order valence-electron chi connectivity index (χ2n) is 2.68. The number of nitrogens with zero attached hydrogens (tertiary/aromatic N) is 1. The van der Waals surface area contributed by atoms with E-state index >= 15 is 0 Å². The van der Waals surface area contributed by atoms with E-state index in [1.807, 2.05) is 18.4 Å². The van der Waals surface area contributed by atoms with Gasteiger partial charge in [-0.3, -0.25) is 4.79 Å². The number of carbonyl (C=O) groups excluding carboxylic acids is 1. The fourth-order valence-electron chi connectivity index (χ4n) is 0.905. The van der Waals surface area contributed by atoms with Crippen molar-refractivity contribution >= 4 is 17.1 Å². The lowest BCUT2D eigenvalue weighted by molar-refractivity contribution is 0.0956. The first kappa shape index (κ1) is 8.95. The third-order valence-corrected chi connectivity index (χ3v) is 2.57. The molecule has 0 fully saturated rings. The normalized spacial score (nSPS) is 12.1. The molecule has 1 aromatic heterocycles. The summed E-state index contributed by atoms with van der Waals surface area (Å²) in [6, 6.07) is 1.94. The summed E-state index contributed by atoms with van der Waals surface area (Å²) in [5, 5.41) is 12.2. The lowest BCUT2D eigenvalue weighted by Crippen LogP contribution is -2.08. The van der Waals surface area contributed by atoms with E-state index < -0.39 is 5.92 Å². The van der Waals surface area contributed by atoms with Gasteiger partial charge in [-0.15, -0.1) is 0 Å². The molecule has 0 saturated heterocycles. The minimum absolute atomic E-state index is 0.0729. The summed E-state index contributed by atoms with van der Waals surface area (Å²) in [6.45, 7) is 3.51. The van der Waals surface area contributed by atoms with E-state index in [2.05, 4.69) is 0 Å². The maximum absolute atomic E-state index is 11.4. The van der Waals surface area contributed by atoms with Crippen LogP contribution < -0.4 is 0 Å². The first-order chi connectivity index (χ1) is 5.66. The number of thiophene rings is 1. The maximum atomic E-state index is 11.4. The summed E-state index contributed by atoms with van der Waals surface area (Å²) < 4.78 is 0. The molecule has 0 spiro atoms. The predicted molar refractivity (Wildman–Crippen MR) is 48.2 cm³/mol. The molecule has 3 heteroatoms. The van der Waals surface area contributed by atoms with Crippen LogP contribution in [0, 0.1) is 24.2 Å². The highest BCUT2D eigenvalue weighted by atomic mass is 32.1. The Kier molecular flexibility index (Phi) is 2.61. The molecule has 0 aromatic carbocycles. The molecule has 0 amide bonds. The van der Waals surface area contributed by atoms with Crippen molar-refractivity contribution < 1.29 is 4.79 Å². The molecule has 1 unspecified atom stereocenters. The minimum atomic E-state index is -0.529. The first-order valence-corrected chi connectivity index (χ1v) is 4.57. The number of Topliss-reactive ketones (excluding diaryl/α,β-unsaturated/α-hetero) is 1. The summed E-state index contributed by atoms with van der Waals surface area (Å²) in [5.41, 5.74) is 1.65. The second kappa shape index (κ2) is 3.51. The maximum Gasteiger partial charge on any atom is 0.180 e. The van der Waals surface area contributed by atoms with Gasteiger partial charge in [0.15, 0.2) is 5.78 Å². The number of carbonyl (C=O) groups is 1. The molecular weight excluding hydrogens is 170 g/mol. The fourth-order valence-corrected chi connectivity index (χ4v) is 1.74. The Bertz CT molecular complexity index is 335. The van der Waals surface area contributed by atoms with Gasteiger partial charge in [-0.05, 0) is 24.8 Å². The van der Waals surface area contributed by atoms with Crippen LogP contribution in [0.2, 0.25) is 0 Å². The number of ketones is 1. The molecule has 1 atom stereocenters. The van der Waals surface area contributed by atoms with Gasteiger partial charge in [0.2, 0.25) is 0 Å². The SMILES string of the molecule is Cc1cscc1C(=O)C(C)C#N. The van der Waals surface area contributed by atoms with Crippen LogP contribution >= 0.6 is 11.3 Å². The summed E-state index contributed by atoms with van der Waals surface area (Å²) >= 11 is 1.49. The molecule has 0 aliphatic heterocycles. The van der Waals surface area contributed by atoms with Crippen molar-refractivity contribution in [3.8, 4) is 6.07 Å². The zero-order valence-electron chi connectivity index (χ0n) is 7.00. The lowest BCUT2D eigenvalue weighted by Gasteiger charge is -1.99. The molecule has 2 nitrogen and oxygen atoms in total. The van der Waals surface area contributed by atoms with Gasteiger partial charge < -0.3 is 0 Å². The molecule has 0 aliphatic carbocycles. The highest BCUT2D eigenvalue weighted by Gasteiger charge is 2.16. The van der Waals surface area contributed by atoms with Crippen molar-refractivity contribution in [3.63, 3.8) is 0 Å². The summed E-state index contributed by atoms with van der Waals surface area (Å²) in [5.74, 6) is -0.602. The average molecular weight is 179 g/mol. The number of nitriles is 1. The van der Waals surface area contributed by atoms with Crippen LogP contribution in [0.15, 0.2) is 10.8 Å². The summed E-state index contributed by atoms with van der Waals surface area (Å²) in [7, 11) is 0. The van der Waals surface area contributed by atoms with Crippen molar-refractivity contribution in [2.45, 2.75) is 13.8 Å². The van der Waals surface area contributed by atoms with Crippen molar-refractivity contribution in [2.24, 2.45) is 5.92 Å². The number of hydrogen-bond donors (Lipinski definition) is 0. The van der Waals surface area contributed by atoms with Gasteiger partial charge in [-0.25, -0.2) is 0 Å². The molecule has 0 N–H and O–H groups in total. The molecular formula is C9H9NOS. The van der Waals surface area contributed by atoms with Gasteiger partial charge in [0.25, 0.3) is 0 Å². The van der Waals surface area contributed by atoms with Crippen LogP contribution in [-0.2, 0) is 0 Å². The highest BCUT2D eigenvalue weighted by Crippen LogP contribution is 2.17. The Morgan fingerprint density at radius 1 is 1.67 bits per heavy atom. The van der Waals surface area contributed by atoms with Gasteiger partial charge in [-0.1, -0.05) is 0 Å². The number of rotatable bonds is 2. The average Bonchev–Trinajstić information content (AvgIpc) is 2.48. The van der Waals surface area contributed by atoms with Crippen LogP contribution in [0.5, 0.6) is 0 Å². The summed E-state index contributed by atoms with van der Waals surface area (Å²) in [4.78, 5) is 11.4. The monoisotopic (exact) mass is 179 g/mol. The molecule has 0 radical (unpaired) electrons. The Balaban J connectivity index is 2.94. The van der Waals surface area contributed by atoms with E-state index in [-0.39, 0.29) is 5.78 Å². The zero-order chi connectivity index (χ0) is 9.14. The highest BCUT2D eigenvalue weighted by molar-refractivity contribution is 7.08.